The summed E-state index contributed by atoms with van der Waals surface area (Å²) in [7, 11) is 0. The van der Waals surface area contributed by atoms with Gasteiger partial charge >= 0.3 is 6.09 Å². The van der Waals surface area contributed by atoms with Crippen LogP contribution in [0.1, 0.15) is 53.4 Å². The molecule has 0 bridgehead atoms. The fraction of sp³-hybridized carbons (Fsp3) is 0.867. The summed E-state index contributed by atoms with van der Waals surface area (Å²) in [6.45, 7) is 8.96. The predicted octanol–water partition coefficient (Wildman–Crippen LogP) is 1.11. The number of hydrogen-bond acceptors (Lipinski definition) is 5. The molecule has 0 unspecified atom stereocenters. The zero-order chi connectivity index (χ0) is 16.4. The molecular formula is C15H28N4O3. The summed E-state index contributed by atoms with van der Waals surface area (Å²) in [5.74, 6) is 0.187. The maximum absolute atomic E-state index is 12.1. The molecule has 2 amide bonds. The highest BCUT2D eigenvalue weighted by Gasteiger charge is 2.36. The molecule has 0 atom stereocenters. The van der Waals surface area contributed by atoms with E-state index < -0.39 is 5.60 Å². The van der Waals surface area contributed by atoms with Gasteiger partial charge in [-0.3, -0.25) is 4.79 Å². The normalized spacial score (nSPS) is 21.4. The van der Waals surface area contributed by atoms with E-state index >= 15 is 0 Å². The van der Waals surface area contributed by atoms with E-state index in [1.54, 1.807) is 0 Å². The zero-order valence-corrected chi connectivity index (χ0v) is 14.0. The summed E-state index contributed by atoms with van der Waals surface area (Å²) in [5.41, 5.74) is 5.52. The average molecular weight is 312 g/mol. The van der Waals surface area contributed by atoms with Crippen LogP contribution < -0.4 is 16.2 Å². The predicted molar refractivity (Wildman–Crippen MR) is 82.9 cm³/mol. The van der Waals surface area contributed by atoms with Gasteiger partial charge in [-0.25, -0.2) is 15.6 Å². The second kappa shape index (κ2) is 6.42. The Morgan fingerprint density at radius 2 is 1.86 bits per heavy atom. The Morgan fingerprint density at radius 1 is 1.27 bits per heavy atom. The van der Waals surface area contributed by atoms with E-state index in [2.05, 4.69) is 16.2 Å². The van der Waals surface area contributed by atoms with E-state index in [1.165, 1.54) is 0 Å². The standard InChI is InChI=1S/C15H28N4O3/c1-14(2,3)22-13(21)16-11-6-9-19(10-7-11)12(20)5-8-15(4)17-18-15/h11,17-18H,5-10H2,1-4H3,(H,16,21). The number of nitrogens with one attached hydrogen (secondary N) is 3. The molecule has 22 heavy (non-hydrogen) atoms. The Bertz CT molecular complexity index is 421. The molecule has 0 saturated carbocycles. The Hall–Kier alpha value is -1.34. The fourth-order valence-corrected chi connectivity index (χ4v) is 2.49. The molecule has 2 aliphatic rings. The molecule has 0 spiro atoms. The van der Waals surface area contributed by atoms with E-state index in [0.717, 1.165) is 19.3 Å². The van der Waals surface area contributed by atoms with Gasteiger partial charge in [0.1, 0.15) is 5.60 Å². The van der Waals surface area contributed by atoms with Crippen LogP contribution in [-0.4, -0.2) is 47.3 Å². The Morgan fingerprint density at radius 3 is 2.36 bits per heavy atom. The van der Waals surface area contributed by atoms with Gasteiger partial charge in [0.05, 0.1) is 5.66 Å². The van der Waals surface area contributed by atoms with Gasteiger partial charge in [0, 0.05) is 25.6 Å². The number of amides is 2. The minimum Gasteiger partial charge on any atom is -0.444 e. The van der Waals surface area contributed by atoms with Crippen LogP contribution in [0.4, 0.5) is 4.79 Å². The number of ether oxygens (including phenoxy) is 1. The van der Waals surface area contributed by atoms with Gasteiger partial charge in [-0.1, -0.05) is 0 Å². The molecule has 7 nitrogen and oxygen atoms in total. The van der Waals surface area contributed by atoms with E-state index in [0.29, 0.717) is 19.5 Å². The van der Waals surface area contributed by atoms with Crippen molar-refractivity contribution in [3.63, 3.8) is 0 Å². The molecule has 0 aliphatic carbocycles. The Labute approximate surface area is 132 Å². The zero-order valence-electron chi connectivity index (χ0n) is 14.0. The summed E-state index contributed by atoms with van der Waals surface area (Å²) < 4.78 is 5.25. The molecule has 2 aliphatic heterocycles. The number of hydrazine groups is 1. The number of piperidine rings is 1. The molecule has 2 fully saturated rings. The molecule has 2 rings (SSSR count). The average Bonchev–Trinajstić information content (AvgIpc) is 3.13. The van der Waals surface area contributed by atoms with Crippen LogP contribution >= 0.6 is 0 Å². The van der Waals surface area contributed by atoms with Gasteiger partial charge in [0.2, 0.25) is 5.91 Å². The maximum Gasteiger partial charge on any atom is 0.407 e. The molecule has 0 aromatic heterocycles. The van der Waals surface area contributed by atoms with Crippen molar-refractivity contribution in [2.24, 2.45) is 0 Å². The van der Waals surface area contributed by atoms with Crippen molar-refractivity contribution in [3.8, 4) is 0 Å². The molecule has 7 heteroatoms. The van der Waals surface area contributed by atoms with Crippen molar-refractivity contribution in [1.82, 2.24) is 21.1 Å². The summed E-state index contributed by atoms with van der Waals surface area (Å²) in [4.78, 5) is 25.8. The van der Waals surface area contributed by atoms with Crippen LogP contribution in [0.15, 0.2) is 0 Å². The first-order chi connectivity index (χ1) is 10.2. The topological polar surface area (TPSA) is 103 Å². The largest absolute Gasteiger partial charge is 0.444 e. The van der Waals surface area contributed by atoms with Crippen LogP contribution in [0.25, 0.3) is 0 Å². The van der Waals surface area contributed by atoms with Crippen LogP contribution in [0.3, 0.4) is 0 Å². The van der Waals surface area contributed by atoms with Crippen molar-refractivity contribution in [2.45, 2.75) is 70.7 Å². The summed E-state index contributed by atoms with van der Waals surface area (Å²) in [6, 6.07) is 0.0863. The summed E-state index contributed by atoms with van der Waals surface area (Å²) in [6.07, 6.45) is 2.51. The van der Waals surface area contributed by atoms with Crippen molar-refractivity contribution in [3.05, 3.63) is 0 Å². The smallest absolute Gasteiger partial charge is 0.407 e. The van der Waals surface area contributed by atoms with E-state index in [4.69, 9.17) is 4.74 Å². The second-order valence-electron chi connectivity index (χ2n) is 7.38. The number of carbonyl (C=O) groups is 2. The van der Waals surface area contributed by atoms with Gasteiger partial charge in [0.25, 0.3) is 0 Å². The molecule has 2 saturated heterocycles. The Balaban J connectivity index is 1.66. The molecule has 2 heterocycles. The molecule has 0 radical (unpaired) electrons. The van der Waals surface area contributed by atoms with Gasteiger partial charge in [-0.05, 0) is 47.0 Å². The highest BCUT2D eigenvalue weighted by molar-refractivity contribution is 5.76. The van der Waals surface area contributed by atoms with Gasteiger partial charge < -0.3 is 15.0 Å². The summed E-state index contributed by atoms with van der Waals surface area (Å²) in [5, 5.41) is 2.88. The molecule has 126 valence electrons. The fourth-order valence-electron chi connectivity index (χ4n) is 2.49. The molecule has 3 N–H and O–H groups in total. The first-order valence-electron chi connectivity index (χ1n) is 7.98. The maximum atomic E-state index is 12.1. The van der Waals surface area contributed by atoms with Crippen LogP contribution in [0.5, 0.6) is 0 Å². The molecule has 0 aromatic carbocycles. The van der Waals surface area contributed by atoms with E-state index in [-0.39, 0.29) is 23.7 Å². The SMILES string of the molecule is CC1(CCC(=O)N2CCC(NC(=O)OC(C)(C)C)CC2)NN1. The molecule has 0 aromatic rings. The Kier molecular flexibility index (Phi) is 4.97. The summed E-state index contributed by atoms with van der Waals surface area (Å²) >= 11 is 0. The molecular weight excluding hydrogens is 284 g/mol. The van der Waals surface area contributed by atoms with Crippen LogP contribution in [-0.2, 0) is 9.53 Å². The first-order valence-corrected chi connectivity index (χ1v) is 7.98. The quantitative estimate of drug-likeness (QED) is 0.675. The van der Waals surface area contributed by atoms with E-state index in [9.17, 15) is 9.59 Å². The minimum atomic E-state index is -0.484. The number of likely N-dealkylation sites (tertiary alicyclic amines) is 1. The van der Waals surface area contributed by atoms with Gasteiger partial charge in [-0.2, -0.15) is 0 Å². The minimum absolute atomic E-state index is 0.0632. The van der Waals surface area contributed by atoms with Crippen LogP contribution in [0, 0.1) is 0 Å². The lowest BCUT2D eigenvalue weighted by Crippen LogP contribution is -2.47. The van der Waals surface area contributed by atoms with Crippen molar-refractivity contribution >= 4 is 12.0 Å². The number of carbonyl (C=O) groups excluding carboxylic acids is 2. The third kappa shape index (κ3) is 5.46. The lowest BCUT2D eigenvalue weighted by atomic mass is 10.0. The van der Waals surface area contributed by atoms with Crippen molar-refractivity contribution in [2.75, 3.05) is 13.1 Å². The first kappa shape index (κ1) is 17.0. The van der Waals surface area contributed by atoms with Crippen molar-refractivity contribution < 1.29 is 14.3 Å². The third-order valence-electron chi connectivity index (χ3n) is 3.96. The second-order valence-corrected chi connectivity index (χ2v) is 7.38. The van der Waals surface area contributed by atoms with E-state index in [1.807, 2.05) is 32.6 Å². The van der Waals surface area contributed by atoms with Gasteiger partial charge in [-0.15, -0.1) is 0 Å². The van der Waals surface area contributed by atoms with Crippen LogP contribution in [0.2, 0.25) is 0 Å². The highest BCUT2D eigenvalue weighted by atomic mass is 16.6. The number of alkyl carbamates (subject to hydrolysis) is 1. The number of nitrogens with zero attached hydrogens (tertiary/aromatic N) is 1. The third-order valence-corrected chi connectivity index (χ3v) is 3.96. The van der Waals surface area contributed by atoms with Crippen molar-refractivity contribution in [1.29, 1.82) is 0 Å². The van der Waals surface area contributed by atoms with Gasteiger partial charge in [0.15, 0.2) is 0 Å². The lowest BCUT2D eigenvalue weighted by molar-refractivity contribution is -0.132. The number of hydrogen-bond donors (Lipinski definition) is 3. The lowest BCUT2D eigenvalue weighted by Gasteiger charge is -2.33. The number of rotatable bonds is 4. The highest BCUT2D eigenvalue weighted by Crippen LogP contribution is 2.19. The monoisotopic (exact) mass is 312 g/mol.